The number of fused-ring (bicyclic) bond motifs is 1. The van der Waals surface area contributed by atoms with Gasteiger partial charge in [0, 0.05) is 12.3 Å². The number of aliphatic hydroxyl groups is 2. The summed E-state index contributed by atoms with van der Waals surface area (Å²) < 4.78 is 14.1. The molecule has 0 spiro atoms. The average Bonchev–Trinajstić information content (AvgIpc) is 3.12. The summed E-state index contributed by atoms with van der Waals surface area (Å²) in [7, 11) is 0. The molecule has 0 heterocycles. The maximum Gasteiger partial charge on any atom is 0.127 e. The van der Waals surface area contributed by atoms with Crippen molar-refractivity contribution in [3.8, 4) is 0 Å². The van der Waals surface area contributed by atoms with Gasteiger partial charge >= 0.3 is 0 Å². The third-order valence-electron chi connectivity index (χ3n) is 8.56. The zero-order valence-electron chi connectivity index (χ0n) is 20.5. The summed E-state index contributed by atoms with van der Waals surface area (Å²) in [4.78, 5) is 0. The van der Waals surface area contributed by atoms with E-state index in [1.807, 2.05) is 26.0 Å². The largest absolute Gasteiger partial charge is 0.393 e. The summed E-state index contributed by atoms with van der Waals surface area (Å²) in [5.41, 5.74) is 2.33. The first-order valence-corrected chi connectivity index (χ1v) is 12.6. The molecule has 6 unspecified atom stereocenters. The van der Waals surface area contributed by atoms with E-state index in [1.165, 1.54) is 18.4 Å². The number of hydrogen-bond acceptors (Lipinski definition) is 2. The van der Waals surface area contributed by atoms with Crippen LogP contribution < -0.4 is 0 Å². The fourth-order valence-electron chi connectivity index (χ4n) is 6.17. The minimum Gasteiger partial charge on any atom is -0.393 e. The van der Waals surface area contributed by atoms with Crippen molar-refractivity contribution < 1.29 is 14.6 Å². The highest BCUT2D eigenvalue weighted by atomic mass is 19.1. The zero-order valence-corrected chi connectivity index (χ0v) is 20.5. The number of aliphatic hydroxyl groups excluding tert-OH is 1. The van der Waals surface area contributed by atoms with Gasteiger partial charge in [0.25, 0.3) is 0 Å². The Kier molecular flexibility index (Phi) is 8.04. The molecule has 2 fully saturated rings. The maximum atomic E-state index is 14.1. The van der Waals surface area contributed by atoms with Crippen molar-refractivity contribution in [2.45, 2.75) is 96.9 Å². The molecule has 0 aromatic rings. The van der Waals surface area contributed by atoms with Gasteiger partial charge in [0.1, 0.15) is 6.17 Å². The number of halogens is 1. The number of rotatable bonds is 7. The van der Waals surface area contributed by atoms with Gasteiger partial charge in [-0.3, -0.25) is 0 Å². The van der Waals surface area contributed by atoms with Gasteiger partial charge in [-0.25, -0.2) is 4.39 Å². The quantitative estimate of drug-likeness (QED) is 0.416. The van der Waals surface area contributed by atoms with Crippen LogP contribution in [-0.4, -0.2) is 28.1 Å². The Morgan fingerprint density at radius 2 is 2.00 bits per heavy atom. The second kappa shape index (κ2) is 10.2. The predicted molar refractivity (Wildman–Crippen MR) is 132 cm³/mol. The molecule has 3 aliphatic rings. The van der Waals surface area contributed by atoms with E-state index in [0.717, 1.165) is 31.3 Å². The van der Waals surface area contributed by atoms with Crippen molar-refractivity contribution >= 4 is 0 Å². The van der Waals surface area contributed by atoms with Crippen LogP contribution in [0.5, 0.6) is 0 Å². The van der Waals surface area contributed by atoms with Gasteiger partial charge in [0.15, 0.2) is 0 Å². The maximum absolute atomic E-state index is 14.1. The number of allylic oxidation sites excluding steroid dienone is 7. The predicted octanol–water partition coefficient (Wildman–Crippen LogP) is 7.01. The summed E-state index contributed by atoms with van der Waals surface area (Å²) in [5.74, 6) is 1.43. The van der Waals surface area contributed by atoms with Crippen molar-refractivity contribution in [2.75, 3.05) is 0 Å². The highest BCUT2D eigenvalue weighted by Gasteiger charge is 2.47. The van der Waals surface area contributed by atoms with Crippen molar-refractivity contribution in [1.82, 2.24) is 0 Å². The molecule has 2 saturated carbocycles. The van der Waals surface area contributed by atoms with E-state index in [1.54, 1.807) is 0 Å². The van der Waals surface area contributed by atoms with Crippen LogP contribution in [0, 0.1) is 23.2 Å². The molecule has 3 rings (SSSR count). The molecule has 0 aromatic carbocycles. The van der Waals surface area contributed by atoms with Gasteiger partial charge in [-0.1, -0.05) is 76.3 Å². The Bertz CT molecular complexity index is 800. The Labute approximate surface area is 194 Å². The van der Waals surface area contributed by atoms with Crippen molar-refractivity contribution in [2.24, 2.45) is 23.2 Å². The molecule has 6 atom stereocenters. The minimum atomic E-state index is -1.14. The highest BCUT2D eigenvalue weighted by Crippen LogP contribution is 2.56. The normalized spacial score (nSPS) is 36.9. The first-order valence-electron chi connectivity index (χ1n) is 12.6. The van der Waals surface area contributed by atoms with E-state index in [0.29, 0.717) is 29.7 Å². The van der Waals surface area contributed by atoms with Crippen LogP contribution in [0.2, 0.25) is 0 Å². The molecule has 0 saturated heterocycles. The van der Waals surface area contributed by atoms with Crippen LogP contribution in [-0.2, 0) is 0 Å². The highest BCUT2D eigenvalue weighted by molar-refractivity contribution is 5.39. The smallest absolute Gasteiger partial charge is 0.127 e. The Morgan fingerprint density at radius 3 is 2.69 bits per heavy atom. The average molecular weight is 443 g/mol. The first kappa shape index (κ1) is 25.2. The number of alkyl halides is 1. The van der Waals surface area contributed by atoms with Crippen LogP contribution in [0.1, 0.15) is 79.1 Å². The minimum absolute atomic E-state index is 0.165. The molecule has 0 bridgehead atoms. The molecule has 178 valence electrons. The second-order valence-corrected chi connectivity index (χ2v) is 10.7. The molecule has 0 radical (unpaired) electrons. The third-order valence-corrected chi connectivity index (χ3v) is 8.56. The van der Waals surface area contributed by atoms with Gasteiger partial charge in [-0.05, 0) is 73.3 Å². The Balaban J connectivity index is 1.73. The molecule has 2 N–H and O–H groups in total. The Hall–Kier alpha value is -1.45. The summed E-state index contributed by atoms with van der Waals surface area (Å²) in [6.45, 7) is 12.8. The summed E-state index contributed by atoms with van der Waals surface area (Å²) in [5, 5.41) is 20.5. The zero-order chi connectivity index (χ0) is 23.5. The van der Waals surface area contributed by atoms with E-state index < -0.39 is 17.9 Å². The van der Waals surface area contributed by atoms with Gasteiger partial charge in [-0.2, -0.15) is 0 Å². The van der Waals surface area contributed by atoms with Gasteiger partial charge < -0.3 is 10.2 Å². The van der Waals surface area contributed by atoms with Crippen molar-refractivity contribution in [3.05, 3.63) is 59.8 Å². The monoisotopic (exact) mass is 442 g/mol. The van der Waals surface area contributed by atoms with Gasteiger partial charge in [0.05, 0.1) is 11.7 Å². The van der Waals surface area contributed by atoms with E-state index in [2.05, 4.69) is 44.7 Å². The molecule has 2 nitrogen and oxygen atoms in total. The third kappa shape index (κ3) is 5.20. The lowest BCUT2D eigenvalue weighted by molar-refractivity contribution is 0.0819. The molecular weight excluding hydrogens is 399 g/mol. The fourth-order valence-corrected chi connectivity index (χ4v) is 6.17. The van der Waals surface area contributed by atoms with Crippen LogP contribution in [0.3, 0.4) is 0 Å². The van der Waals surface area contributed by atoms with Gasteiger partial charge in [0.2, 0.25) is 0 Å². The standard InChI is InChI=1S/C29H43FO2/c1-6-29(32,7-2)17-8-10-20(3)25-14-15-26-22(11-9-16-28(25,26)5)12-13-23-18-24(31)19-27(30)21(23)4/h8,12-15,17,20,24-27,31-32H,4,6-7,9-11,16,18-19H2,1-3,5H3/b17-8+,22-12+,23-13-. The van der Waals surface area contributed by atoms with E-state index in [4.69, 9.17) is 0 Å². The van der Waals surface area contributed by atoms with E-state index in [-0.39, 0.29) is 11.8 Å². The molecule has 0 aromatic heterocycles. The SMILES string of the molecule is C=C1/C(=C\C=C2/CCCC3(C)C2C=CC3C(C)C/C=C/C(O)(CC)CC)CC(O)CC1F. The lowest BCUT2D eigenvalue weighted by Crippen LogP contribution is -2.36. The Morgan fingerprint density at radius 1 is 1.28 bits per heavy atom. The van der Waals surface area contributed by atoms with Crippen molar-refractivity contribution in [1.29, 1.82) is 0 Å². The van der Waals surface area contributed by atoms with Crippen molar-refractivity contribution in [3.63, 3.8) is 0 Å². The summed E-state index contributed by atoms with van der Waals surface area (Å²) in [6.07, 6.45) is 18.0. The topological polar surface area (TPSA) is 40.5 Å². The molecule has 32 heavy (non-hydrogen) atoms. The molecule has 3 heteroatoms. The second-order valence-electron chi connectivity index (χ2n) is 10.7. The summed E-state index contributed by atoms with van der Waals surface area (Å²) in [6, 6.07) is 0. The van der Waals surface area contributed by atoms with E-state index >= 15 is 0 Å². The lowest BCUT2D eigenvalue weighted by Gasteiger charge is -2.44. The first-order chi connectivity index (χ1) is 15.1. The van der Waals surface area contributed by atoms with Crippen LogP contribution in [0.4, 0.5) is 4.39 Å². The molecule has 0 amide bonds. The lowest BCUT2D eigenvalue weighted by atomic mass is 9.60. The molecule has 3 aliphatic carbocycles. The van der Waals surface area contributed by atoms with Gasteiger partial charge in [-0.15, -0.1) is 0 Å². The van der Waals surface area contributed by atoms with Crippen LogP contribution in [0.15, 0.2) is 59.8 Å². The number of hydrogen-bond donors (Lipinski definition) is 2. The summed E-state index contributed by atoms with van der Waals surface area (Å²) >= 11 is 0. The molecule has 0 aliphatic heterocycles. The van der Waals surface area contributed by atoms with Crippen LogP contribution in [0.25, 0.3) is 0 Å². The molecular formula is C29H43FO2. The van der Waals surface area contributed by atoms with Crippen LogP contribution >= 0.6 is 0 Å². The van der Waals surface area contributed by atoms with E-state index in [9.17, 15) is 14.6 Å². The fraction of sp³-hybridized carbons (Fsp3) is 0.655.